The topological polar surface area (TPSA) is 111 Å². The fourth-order valence-electron chi connectivity index (χ4n) is 3.82. The lowest BCUT2D eigenvalue weighted by molar-refractivity contribution is -0.119. The number of ether oxygens (including phenoxy) is 2. The molecule has 11 heteroatoms. The number of methoxy groups -OCH3 is 2. The molecule has 2 heterocycles. The molecule has 4 rings (SSSR count). The van der Waals surface area contributed by atoms with Crippen molar-refractivity contribution in [3.63, 3.8) is 0 Å². The van der Waals surface area contributed by atoms with Crippen LogP contribution in [0.4, 0.5) is 0 Å². The first kappa shape index (κ1) is 24.6. The number of hydrazine groups is 1. The Morgan fingerprint density at radius 3 is 2.43 bits per heavy atom. The zero-order chi connectivity index (χ0) is 24.6. The lowest BCUT2D eigenvalue weighted by atomic mass is 10.2. The maximum absolute atomic E-state index is 12.5. The molecule has 0 atom stereocenters. The summed E-state index contributed by atoms with van der Waals surface area (Å²) in [6, 6.07) is 14.6. The molecule has 2 aromatic carbocycles. The highest BCUT2D eigenvalue weighted by Crippen LogP contribution is 2.27. The Hall–Kier alpha value is -3.57. The third kappa shape index (κ3) is 6.11. The molecule has 35 heavy (non-hydrogen) atoms. The van der Waals surface area contributed by atoms with Crippen molar-refractivity contribution in [2.24, 2.45) is 0 Å². The molecule has 1 fully saturated rings. The van der Waals surface area contributed by atoms with Gasteiger partial charge in [0.1, 0.15) is 0 Å². The molecule has 0 unspecified atom stereocenters. The number of thioether (sulfide) groups is 1. The molecule has 0 bridgehead atoms. The van der Waals surface area contributed by atoms with E-state index in [0.717, 1.165) is 24.6 Å². The molecule has 0 aliphatic carbocycles. The summed E-state index contributed by atoms with van der Waals surface area (Å²) >= 11 is 1.26. The van der Waals surface area contributed by atoms with E-state index in [0.29, 0.717) is 28.8 Å². The largest absolute Gasteiger partial charge is 0.493 e. The van der Waals surface area contributed by atoms with E-state index < -0.39 is 5.91 Å². The summed E-state index contributed by atoms with van der Waals surface area (Å²) in [7, 11) is 3.01. The van der Waals surface area contributed by atoms with Crippen LogP contribution in [-0.2, 0) is 11.3 Å². The number of nitrogens with zero attached hydrogens (tertiary/aromatic N) is 4. The Morgan fingerprint density at radius 1 is 0.971 bits per heavy atom. The fourth-order valence-corrected chi connectivity index (χ4v) is 4.59. The van der Waals surface area contributed by atoms with E-state index >= 15 is 0 Å². The minimum absolute atomic E-state index is 0.0564. The molecule has 1 saturated heterocycles. The molecule has 3 aromatic rings. The maximum Gasteiger partial charge on any atom is 0.269 e. The Kier molecular flexibility index (Phi) is 8.22. The molecular formula is C24H28N6O4S. The third-order valence-electron chi connectivity index (χ3n) is 5.57. The number of amides is 2. The number of rotatable bonds is 9. The minimum atomic E-state index is -0.468. The van der Waals surface area contributed by atoms with E-state index in [1.165, 1.54) is 38.8 Å². The number of carbonyl (C=O) groups is 2. The van der Waals surface area contributed by atoms with Crippen LogP contribution in [0.3, 0.4) is 0 Å². The first-order chi connectivity index (χ1) is 17.1. The number of likely N-dealkylation sites (tertiary alicyclic amines) is 1. The predicted molar refractivity (Wildman–Crippen MR) is 132 cm³/mol. The second-order valence-corrected chi connectivity index (χ2v) is 8.86. The maximum atomic E-state index is 12.5. The zero-order valence-corrected chi connectivity index (χ0v) is 20.5. The molecule has 10 nitrogen and oxygen atoms in total. The summed E-state index contributed by atoms with van der Waals surface area (Å²) in [5.41, 5.74) is 6.14. The summed E-state index contributed by atoms with van der Waals surface area (Å²) in [4.78, 5) is 27.2. The Labute approximate surface area is 208 Å². The van der Waals surface area contributed by atoms with Gasteiger partial charge in [0.05, 0.1) is 26.5 Å². The first-order valence-electron chi connectivity index (χ1n) is 11.2. The second-order valence-electron chi connectivity index (χ2n) is 7.91. The number of nitrogens with one attached hydrogen (secondary N) is 2. The van der Waals surface area contributed by atoms with Crippen molar-refractivity contribution in [1.29, 1.82) is 0 Å². The highest BCUT2D eigenvalue weighted by atomic mass is 32.2. The number of hydrogen-bond acceptors (Lipinski definition) is 8. The average Bonchev–Trinajstić information content (AvgIpc) is 3.56. The Morgan fingerprint density at radius 2 is 1.71 bits per heavy atom. The zero-order valence-electron chi connectivity index (χ0n) is 19.7. The van der Waals surface area contributed by atoms with Gasteiger partial charge in [-0.25, -0.2) is 0 Å². The number of para-hydroxylation sites is 1. The van der Waals surface area contributed by atoms with Crippen LogP contribution < -0.4 is 20.3 Å². The van der Waals surface area contributed by atoms with Crippen LogP contribution in [0.2, 0.25) is 0 Å². The summed E-state index contributed by atoms with van der Waals surface area (Å²) in [5.74, 6) is 0.990. The summed E-state index contributed by atoms with van der Waals surface area (Å²) in [6.45, 7) is 2.80. The predicted octanol–water partition coefficient (Wildman–Crippen LogP) is 2.43. The van der Waals surface area contributed by atoms with Gasteiger partial charge in [-0.15, -0.1) is 10.2 Å². The molecule has 2 amide bonds. The van der Waals surface area contributed by atoms with E-state index in [4.69, 9.17) is 9.47 Å². The van der Waals surface area contributed by atoms with E-state index in [1.807, 2.05) is 34.9 Å². The minimum Gasteiger partial charge on any atom is -0.493 e. The number of hydrogen-bond donors (Lipinski definition) is 2. The van der Waals surface area contributed by atoms with E-state index in [-0.39, 0.29) is 11.7 Å². The first-order valence-corrected chi connectivity index (χ1v) is 12.2. The molecule has 1 aromatic heterocycles. The molecule has 0 radical (unpaired) electrons. The lowest BCUT2D eigenvalue weighted by Crippen LogP contribution is -2.42. The van der Waals surface area contributed by atoms with Gasteiger partial charge in [0.2, 0.25) is 5.91 Å². The van der Waals surface area contributed by atoms with Gasteiger partial charge in [-0.2, -0.15) is 0 Å². The molecule has 1 aliphatic rings. The van der Waals surface area contributed by atoms with Crippen molar-refractivity contribution in [2.45, 2.75) is 24.5 Å². The van der Waals surface area contributed by atoms with Crippen LogP contribution in [0.5, 0.6) is 11.5 Å². The average molecular weight is 497 g/mol. The molecule has 0 spiro atoms. The van der Waals surface area contributed by atoms with E-state index in [9.17, 15) is 9.59 Å². The van der Waals surface area contributed by atoms with E-state index in [2.05, 4.69) is 25.9 Å². The van der Waals surface area contributed by atoms with Gasteiger partial charge in [-0.1, -0.05) is 30.0 Å². The summed E-state index contributed by atoms with van der Waals surface area (Å²) in [6.07, 6.45) is 2.38. The molecule has 2 N–H and O–H groups in total. The van der Waals surface area contributed by atoms with Crippen molar-refractivity contribution in [1.82, 2.24) is 30.5 Å². The number of carbonyl (C=O) groups excluding carboxylic acids is 2. The summed E-state index contributed by atoms with van der Waals surface area (Å²) < 4.78 is 12.4. The molecule has 1 aliphatic heterocycles. The van der Waals surface area contributed by atoms with Crippen molar-refractivity contribution >= 4 is 23.6 Å². The van der Waals surface area contributed by atoms with Gasteiger partial charge in [0, 0.05) is 11.3 Å². The fraction of sp³-hybridized carbons (Fsp3) is 0.333. The normalized spacial score (nSPS) is 13.4. The standard InChI is InChI=1S/C24H28N6O4S/c1-33-19-11-10-17(14-20(19)34-2)23(32)27-26-22(31)16-35-24-28-25-21(15-29-12-6-7-13-29)30(24)18-8-4-3-5-9-18/h3-5,8-11,14H,6-7,12-13,15-16H2,1-2H3,(H,26,31)(H,27,32). The second kappa shape index (κ2) is 11.7. The van der Waals surface area contributed by atoms with Crippen LogP contribution in [0.1, 0.15) is 29.0 Å². The lowest BCUT2D eigenvalue weighted by Gasteiger charge is -2.16. The van der Waals surface area contributed by atoms with Crippen LogP contribution in [-0.4, -0.2) is 64.5 Å². The Balaban J connectivity index is 1.38. The summed E-state index contributed by atoms with van der Waals surface area (Å²) in [5, 5.41) is 9.36. The van der Waals surface area contributed by atoms with Gasteiger partial charge >= 0.3 is 0 Å². The van der Waals surface area contributed by atoms with Crippen molar-refractivity contribution < 1.29 is 19.1 Å². The quantitative estimate of drug-likeness (QED) is 0.343. The number of aromatic nitrogens is 3. The van der Waals surface area contributed by atoms with Gasteiger partial charge in [0.15, 0.2) is 22.5 Å². The van der Waals surface area contributed by atoms with Gasteiger partial charge in [0.25, 0.3) is 5.91 Å². The third-order valence-corrected chi connectivity index (χ3v) is 6.50. The smallest absolute Gasteiger partial charge is 0.269 e. The van der Waals surface area contributed by atoms with Gasteiger partial charge in [-0.05, 0) is 56.3 Å². The SMILES string of the molecule is COc1ccc(C(=O)NNC(=O)CSc2nnc(CN3CCCC3)n2-c2ccccc2)cc1OC. The van der Waals surface area contributed by atoms with Crippen molar-refractivity contribution in [2.75, 3.05) is 33.1 Å². The van der Waals surface area contributed by atoms with Crippen LogP contribution in [0.15, 0.2) is 53.7 Å². The monoisotopic (exact) mass is 496 g/mol. The number of benzene rings is 2. The van der Waals surface area contributed by atoms with Crippen molar-refractivity contribution in [3.8, 4) is 17.2 Å². The van der Waals surface area contributed by atoms with E-state index in [1.54, 1.807) is 18.2 Å². The van der Waals surface area contributed by atoms with Crippen LogP contribution in [0, 0.1) is 0 Å². The van der Waals surface area contributed by atoms with Crippen LogP contribution >= 0.6 is 11.8 Å². The molecular weight excluding hydrogens is 468 g/mol. The molecule has 184 valence electrons. The highest BCUT2D eigenvalue weighted by Gasteiger charge is 2.20. The van der Waals surface area contributed by atoms with Crippen molar-refractivity contribution in [3.05, 3.63) is 59.9 Å². The highest BCUT2D eigenvalue weighted by molar-refractivity contribution is 7.99. The van der Waals surface area contributed by atoms with Gasteiger partial charge in [-0.3, -0.25) is 29.9 Å². The van der Waals surface area contributed by atoms with Crippen LogP contribution in [0.25, 0.3) is 5.69 Å². The van der Waals surface area contributed by atoms with Gasteiger partial charge < -0.3 is 9.47 Å². The Bertz CT molecular complexity index is 1160. The molecule has 0 saturated carbocycles.